The highest BCUT2D eigenvalue weighted by Gasteiger charge is 2.29. The third-order valence-electron chi connectivity index (χ3n) is 5.88. The van der Waals surface area contributed by atoms with E-state index < -0.39 is 0 Å². The van der Waals surface area contributed by atoms with Crippen molar-refractivity contribution in [2.75, 3.05) is 13.1 Å². The van der Waals surface area contributed by atoms with Crippen LogP contribution in [0.3, 0.4) is 0 Å². The second-order valence-electron chi connectivity index (χ2n) is 7.72. The third-order valence-corrected chi connectivity index (χ3v) is 5.88. The Hall–Kier alpha value is -2.73. The van der Waals surface area contributed by atoms with Gasteiger partial charge in [0.25, 0.3) is 0 Å². The summed E-state index contributed by atoms with van der Waals surface area (Å²) in [4.78, 5) is 23.0. The number of nitrogens with one attached hydrogen (secondary N) is 2. The summed E-state index contributed by atoms with van der Waals surface area (Å²) >= 11 is 0. The average Bonchev–Trinajstić information content (AvgIpc) is 3.36. The zero-order chi connectivity index (χ0) is 20.4. The number of aromatic nitrogens is 2. The van der Waals surface area contributed by atoms with Crippen LogP contribution in [-0.2, 0) is 17.8 Å². The molecule has 0 spiro atoms. The molecule has 3 heterocycles. The molecular formula is C23H27FN4O. The number of carbonyl (C=O) groups is 1. The fraction of sp³-hybridized carbons (Fsp3) is 0.391. The van der Waals surface area contributed by atoms with Gasteiger partial charge in [0, 0.05) is 30.0 Å². The van der Waals surface area contributed by atoms with Crippen LogP contribution >= 0.6 is 0 Å². The van der Waals surface area contributed by atoms with Gasteiger partial charge >= 0.3 is 0 Å². The van der Waals surface area contributed by atoms with Crippen LogP contribution in [0.25, 0.3) is 10.9 Å². The zero-order valence-electron chi connectivity index (χ0n) is 17.0. The lowest BCUT2D eigenvalue weighted by Crippen LogP contribution is -2.39. The molecule has 5 nitrogen and oxygen atoms in total. The predicted molar refractivity (Wildman–Crippen MR) is 112 cm³/mol. The number of aromatic amines is 1. The maximum atomic E-state index is 14.2. The van der Waals surface area contributed by atoms with Crippen LogP contribution < -0.4 is 5.32 Å². The highest BCUT2D eigenvalue weighted by Crippen LogP contribution is 2.28. The number of carbonyl (C=O) groups excluding carboxylic acids is 1. The third kappa shape index (κ3) is 3.90. The standard InChI is InChI=1S/C23H27FN4O/c1-3-20-15(2)19-12-18(24)11-17(21(19)27-20)14-26-23(29)22(28-9-4-5-10-28)16-7-6-8-25-13-16/h6-8,11-13,22,27H,3-5,9-10,14H2,1-2H3,(H,26,29)/t22-/m1/s1. The Morgan fingerprint density at radius 3 is 2.83 bits per heavy atom. The monoisotopic (exact) mass is 394 g/mol. The van der Waals surface area contributed by atoms with Crippen molar-refractivity contribution in [1.29, 1.82) is 0 Å². The molecule has 6 heteroatoms. The van der Waals surface area contributed by atoms with E-state index in [0.717, 1.165) is 65.6 Å². The van der Waals surface area contributed by atoms with E-state index in [1.165, 1.54) is 6.07 Å². The number of nitrogens with zero attached hydrogens (tertiary/aromatic N) is 2. The van der Waals surface area contributed by atoms with Crippen LogP contribution in [0.1, 0.15) is 48.2 Å². The summed E-state index contributed by atoms with van der Waals surface area (Å²) in [5.41, 5.74) is 4.73. The summed E-state index contributed by atoms with van der Waals surface area (Å²) in [6, 6.07) is 6.50. The summed E-state index contributed by atoms with van der Waals surface area (Å²) in [5, 5.41) is 3.93. The van der Waals surface area contributed by atoms with E-state index in [9.17, 15) is 9.18 Å². The molecule has 0 bridgehead atoms. The van der Waals surface area contributed by atoms with Gasteiger partial charge in [0.05, 0.1) is 5.52 Å². The number of aryl methyl sites for hydroxylation is 2. The van der Waals surface area contributed by atoms with Crippen LogP contribution in [0, 0.1) is 12.7 Å². The van der Waals surface area contributed by atoms with Gasteiger partial charge in [-0.05, 0) is 74.2 Å². The number of benzene rings is 1. The highest BCUT2D eigenvalue weighted by molar-refractivity contribution is 5.88. The largest absolute Gasteiger partial charge is 0.358 e. The first-order chi connectivity index (χ1) is 14.1. The first kappa shape index (κ1) is 19.6. The van der Waals surface area contributed by atoms with Gasteiger partial charge in [0.2, 0.25) is 5.91 Å². The molecule has 3 aromatic rings. The molecule has 0 aliphatic carbocycles. The quantitative estimate of drug-likeness (QED) is 0.664. The maximum Gasteiger partial charge on any atom is 0.242 e. The summed E-state index contributed by atoms with van der Waals surface area (Å²) in [6.07, 6.45) is 6.51. The predicted octanol–water partition coefficient (Wildman–Crippen LogP) is 4.03. The SMILES string of the molecule is CCc1[nH]c2c(CNC(=O)[C@@H](c3cccnc3)N3CCCC3)cc(F)cc2c1C. The fourth-order valence-electron chi connectivity index (χ4n) is 4.35. The number of hydrogen-bond donors (Lipinski definition) is 2. The van der Waals surface area contributed by atoms with E-state index in [2.05, 4.69) is 27.1 Å². The molecule has 1 amide bonds. The molecule has 152 valence electrons. The van der Waals surface area contributed by atoms with Crippen molar-refractivity contribution in [2.45, 2.75) is 45.7 Å². The van der Waals surface area contributed by atoms with E-state index in [4.69, 9.17) is 0 Å². The van der Waals surface area contributed by atoms with Crippen molar-refractivity contribution in [3.63, 3.8) is 0 Å². The van der Waals surface area contributed by atoms with Gasteiger partial charge in [-0.15, -0.1) is 0 Å². The Kier molecular flexibility index (Phi) is 5.62. The Morgan fingerprint density at radius 2 is 2.14 bits per heavy atom. The molecule has 0 unspecified atom stereocenters. The molecule has 0 saturated carbocycles. The molecule has 1 fully saturated rings. The van der Waals surface area contributed by atoms with Gasteiger partial charge < -0.3 is 10.3 Å². The fourth-order valence-corrected chi connectivity index (χ4v) is 4.35. The second-order valence-corrected chi connectivity index (χ2v) is 7.72. The maximum absolute atomic E-state index is 14.2. The topological polar surface area (TPSA) is 61.0 Å². The lowest BCUT2D eigenvalue weighted by atomic mass is 10.1. The van der Waals surface area contributed by atoms with Crippen LogP contribution in [0.5, 0.6) is 0 Å². The lowest BCUT2D eigenvalue weighted by molar-refractivity contribution is -0.126. The normalized spacial score (nSPS) is 15.7. The number of amides is 1. The minimum atomic E-state index is -0.369. The molecular weight excluding hydrogens is 367 g/mol. The number of pyridine rings is 1. The molecule has 1 aliphatic heterocycles. The Balaban J connectivity index is 1.59. The number of likely N-dealkylation sites (tertiary alicyclic amines) is 1. The van der Waals surface area contributed by atoms with Crippen molar-refractivity contribution in [3.05, 3.63) is 64.9 Å². The second kappa shape index (κ2) is 8.33. The van der Waals surface area contributed by atoms with Crippen molar-refractivity contribution in [1.82, 2.24) is 20.2 Å². The van der Waals surface area contributed by atoms with Crippen LogP contribution in [0.2, 0.25) is 0 Å². The number of fused-ring (bicyclic) bond motifs is 1. The Labute approximate surface area is 170 Å². The summed E-state index contributed by atoms with van der Waals surface area (Å²) < 4.78 is 14.2. The van der Waals surface area contributed by atoms with E-state index in [1.807, 2.05) is 19.1 Å². The van der Waals surface area contributed by atoms with Crippen molar-refractivity contribution < 1.29 is 9.18 Å². The lowest BCUT2D eigenvalue weighted by Gasteiger charge is -2.26. The summed E-state index contributed by atoms with van der Waals surface area (Å²) in [5.74, 6) is -0.355. The minimum absolute atomic E-state index is 0.0729. The van der Waals surface area contributed by atoms with Crippen LogP contribution in [-0.4, -0.2) is 33.9 Å². The summed E-state index contributed by atoms with van der Waals surface area (Å²) in [7, 11) is 0. The van der Waals surface area contributed by atoms with Crippen LogP contribution in [0.4, 0.5) is 4.39 Å². The Bertz CT molecular complexity index is 1010. The van der Waals surface area contributed by atoms with Gasteiger partial charge in [0.15, 0.2) is 0 Å². The van der Waals surface area contributed by atoms with Crippen LogP contribution in [0.15, 0.2) is 36.7 Å². The minimum Gasteiger partial charge on any atom is -0.358 e. The van der Waals surface area contributed by atoms with Crippen molar-refractivity contribution in [2.24, 2.45) is 0 Å². The molecule has 1 aliphatic rings. The van der Waals surface area contributed by atoms with Gasteiger partial charge in [0.1, 0.15) is 11.9 Å². The number of rotatable bonds is 6. The van der Waals surface area contributed by atoms with Gasteiger partial charge in [-0.3, -0.25) is 14.7 Å². The number of halogens is 1. The molecule has 1 atom stereocenters. The molecule has 1 saturated heterocycles. The van der Waals surface area contributed by atoms with E-state index in [0.29, 0.717) is 0 Å². The van der Waals surface area contributed by atoms with E-state index in [-0.39, 0.29) is 24.3 Å². The molecule has 2 aromatic heterocycles. The molecule has 1 aromatic carbocycles. The van der Waals surface area contributed by atoms with Gasteiger partial charge in [-0.25, -0.2) is 4.39 Å². The Morgan fingerprint density at radius 1 is 1.34 bits per heavy atom. The van der Waals surface area contributed by atoms with E-state index >= 15 is 0 Å². The van der Waals surface area contributed by atoms with Crippen molar-refractivity contribution >= 4 is 16.8 Å². The smallest absolute Gasteiger partial charge is 0.242 e. The van der Waals surface area contributed by atoms with Gasteiger partial charge in [-0.1, -0.05) is 13.0 Å². The average molecular weight is 394 g/mol. The highest BCUT2D eigenvalue weighted by atomic mass is 19.1. The van der Waals surface area contributed by atoms with E-state index in [1.54, 1.807) is 18.5 Å². The molecule has 4 rings (SSSR count). The number of H-pyrrole nitrogens is 1. The van der Waals surface area contributed by atoms with Gasteiger partial charge in [-0.2, -0.15) is 0 Å². The first-order valence-corrected chi connectivity index (χ1v) is 10.3. The zero-order valence-corrected chi connectivity index (χ0v) is 17.0. The molecule has 0 radical (unpaired) electrons. The first-order valence-electron chi connectivity index (χ1n) is 10.3. The molecule has 29 heavy (non-hydrogen) atoms. The van der Waals surface area contributed by atoms with Crippen molar-refractivity contribution in [3.8, 4) is 0 Å². The number of hydrogen-bond acceptors (Lipinski definition) is 3. The molecule has 2 N–H and O–H groups in total. The summed E-state index contributed by atoms with van der Waals surface area (Å²) in [6.45, 7) is 6.15.